The molecule has 0 fully saturated rings. The lowest BCUT2D eigenvalue weighted by atomic mass is 10.1. The third kappa shape index (κ3) is 4.94. The zero-order valence-electron chi connectivity index (χ0n) is 9.42. The fourth-order valence-electron chi connectivity index (χ4n) is 1.32. The van der Waals surface area contributed by atoms with Gasteiger partial charge in [0.1, 0.15) is 0 Å². The maximum absolute atomic E-state index is 5.96. The molecular formula is C13H16ClNS. The Morgan fingerprint density at radius 2 is 2.31 bits per heavy atom. The average molecular weight is 254 g/mol. The third-order valence-corrected chi connectivity index (χ3v) is 3.45. The number of hydrogen-bond donors (Lipinski definition) is 1. The standard InChI is InChI=1S/C13H16ClNS/c1-3-7-16-8-6-15-10-12-4-5-13(14)11(2)9-12/h1,4-5,9,15H,6-8,10H2,2H3. The Bertz CT molecular complexity index is 371. The second-order valence-corrected chi connectivity index (χ2v) is 5.03. The summed E-state index contributed by atoms with van der Waals surface area (Å²) in [6.45, 7) is 3.89. The van der Waals surface area contributed by atoms with E-state index in [0.717, 1.165) is 35.2 Å². The van der Waals surface area contributed by atoms with Crippen LogP contribution in [0.3, 0.4) is 0 Å². The lowest BCUT2D eigenvalue weighted by Gasteiger charge is -2.06. The molecule has 86 valence electrons. The molecule has 1 N–H and O–H groups in total. The number of rotatable bonds is 6. The number of benzene rings is 1. The van der Waals surface area contributed by atoms with E-state index in [2.05, 4.69) is 23.4 Å². The van der Waals surface area contributed by atoms with Gasteiger partial charge in [-0.2, -0.15) is 0 Å². The van der Waals surface area contributed by atoms with Crippen LogP contribution in [0.5, 0.6) is 0 Å². The first-order valence-corrected chi connectivity index (χ1v) is 6.74. The van der Waals surface area contributed by atoms with Gasteiger partial charge in [-0.1, -0.05) is 29.7 Å². The van der Waals surface area contributed by atoms with Gasteiger partial charge in [0.25, 0.3) is 0 Å². The van der Waals surface area contributed by atoms with Crippen LogP contribution in [0.4, 0.5) is 0 Å². The van der Waals surface area contributed by atoms with E-state index in [9.17, 15) is 0 Å². The van der Waals surface area contributed by atoms with Gasteiger partial charge >= 0.3 is 0 Å². The van der Waals surface area contributed by atoms with E-state index < -0.39 is 0 Å². The molecule has 1 aromatic carbocycles. The Kier molecular flexibility index (Phi) is 6.40. The molecule has 0 spiro atoms. The number of aryl methyl sites for hydroxylation is 1. The zero-order chi connectivity index (χ0) is 11.8. The van der Waals surface area contributed by atoms with Crippen LogP contribution in [0.15, 0.2) is 18.2 Å². The molecule has 3 heteroatoms. The third-order valence-electron chi connectivity index (χ3n) is 2.16. The highest BCUT2D eigenvalue weighted by Gasteiger charge is 1.97. The van der Waals surface area contributed by atoms with Gasteiger partial charge in [-0.3, -0.25) is 0 Å². The molecule has 0 aliphatic rings. The molecule has 0 heterocycles. The van der Waals surface area contributed by atoms with Crippen molar-refractivity contribution in [3.8, 4) is 12.3 Å². The van der Waals surface area contributed by atoms with E-state index in [4.69, 9.17) is 18.0 Å². The number of thioether (sulfide) groups is 1. The van der Waals surface area contributed by atoms with Crippen LogP contribution in [0.25, 0.3) is 0 Å². The van der Waals surface area contributed by atoms with Gasteiger partial charge in [0, 0.05) is 23.9 Å². The highest BCUT2D eigenvalue weighted by atomic mass is 35.5. The van der Waals surface area contributed by atoms with Gasteiger partial charge in [-0.05, 0) is 24.1 Å². The Morgan fingerprint density at radius 3 is 3.00 bits per heavy atom. The summed E-state index contributed by atoms with van der Waals surface area (Å²) in [4.78, 5) is 0. The van der Waals surface area contributed by atoms with E-state index >= 15 is 0 Å². The minimum Gasteiger partial charge on any atom is -0.312 e. The summed E-state index contributed by atoms with van der Waals surface area (Å²) in [5.41, 5.74) is 2.39. The average Bonchev–Trinajstić information content (AvgIpc) is 2.28. The second kappa shape index (κ2) is 7.62. The van der Waals surface area contributed by atoms with Crippen LogP contribution in [-0.4, -0.2) is 18.1 Å². The van der Waals surface area contributed by atoms with Crippen molar-refractivity contribution < 1.29 is 0 Å². The van der Waals surface area contributed by atoms with E-state index in [1.54, 1.807) is 11.8 Å². The molecular weight excluding hydrogens is 238 g/mol. The number of terminal acetylenes is 1. The highest BCUT2D eigenvalue weighted by Crippen LogP contribution is 2.15. The molecule has 0 bridgehead atoms. The Hall–Kier alpha value is -0.620. The summed E-state index contributed by atoms with van der Waals surface area (Å²) in [5.74, 6) is 4.46. The van der Waals surface area contributed by atoms with Crippen LogP contribution in [-0.2, 0) is 6.54 Å². The van der Waals surface area contributed by atoms with Crippen molar-refractivity contribution in [1.82, 2.24) is 5.32 Å². The quantitative estimate of drug-likeness (QED) is 0.618. The summed E-state index contributed by atoms with van der Waals surface area (Å²) in [5, 5.41) is 4.20. The molecule has 0 saturated carbocycles. The van der Waals surface area contributed by atoms with Gasteiger partial charge in [0.15, 0.2) is 0 Å². The first-order valence-electron chi connectivity index (χ1n) is 5.21. The lowest BCUT2D eigenvalue weighted by molar-refractivity contribution is 0.732. The van der Waals surface area contributed by atoms with E-state index in [1.165, 1.54) is 5.56 Å². The SMILES string of the molecule is C#CCSCCNCc1ccc(Cl)c(C)c1. The molecule has 1 rings (SSSR count). The Morgan fingerprint density at radius 1 is 1.50 bits per heavy atom. The van der Waals surface area contributed by atoms with Crippen molar-refractivity contribution in [3.05, 3.63) is 34.3 Å². The molecule has 0 aliphatic carbocycles. The molecule has 16 heavy (non-hydrogen) atoms. The predicted molar refractivity (Wildman–Crippen MR) is 74.1 cm³/mol. The van der Waals surface area contributed by atoms with Crippen molar-refractivity contribution >= 4 is 23.4 Å². The first kappa shape index (κ1) is 13.4. The summed E-state index contributed by atoms with van der Waals surface area (Å²) < 4.78 is 0. The smallest absolute Gasteiger partial charge is 0.0545 e. The lowest BCUT2D eigenvalue weighted by Crippen LogP contribution is -2.16. The van der Waals surface area contributed by atoms with Crippen LogP contribution in [0, 0.1) is 19.3 Å². The fraction of sp³-hybridized carbons (Fsp3) is 0.385. The molecule has 0 aromatic heterocycles. The molecule has 0 atom stereocenters. The topological polar surface area (TPSA) is 12.0 Å². The molecule has 0 unspecified atom stereocenters. The molecule has 0 amide bonds. The van der Waals surface area contributed by atoms with Crippen LogP contribution in [0.1, 0.15) is 11.1 Å². The van der Waals surface area contributed by atoms with Crippen molar-refractivity contribution in [1.29, 1.82) is 0 Å². The van der Waals surface area contributed by atoms with Gasteiger partial charge in [0.05, 0.1) is 5.75 Å². The Labute approximate surface area is 107 Å². The molecule has 0 aliphatic heterocycles. The second-order valence-electron chi connectivity index (χ2n) is 3.52. The number of nitrogens with one attached hydrogen (secondary N) is 1. The summed E-state index contributed by atoms with van der Waals surface area (Å²) in [6, 6.07) is 6.11. The van der Waals surface area contributed by atoms with Crippen LogP contribution in [0.2, 0.25) is 5.02 Å². The molecule has 0 radical (unpaired) electrons. The van der Waals surface area contributed by atoms with Gasteiger partial charge in [-0.25, -0.2) is 0 Å². The number of halogens is 1. The maximum atomic E-state index is 5.96. The minimum absolute atomic E-state index is 0.793. The van der Waals surface area contributed by atoms with E-state index in [1.807, 2.05) is 13.0 Å². The highest BCUT2D eigenvalue weighted by molar-refractivity contribution is 7.99. The van der Waals surface area contributed by atoms with Crippen LogP contribution < -0.4 is 5.32 Å². The molecule has 1 aromatic rings. The van der Waals surface area contributed by atoms with Crippen molar-refractivity contribution in [2.24, 2.45) is 0 Å². The van der Waals surface area contributed by atoms with E-state index in [-0.39, 0.29) is 0 Å². The van der Waals surface area contributed by atoms with Gasteiger partial charge in [0.2, 0.25) is 0 Å². The summed E-state index contributed by atoms with van der Waals surface area (Å²) in [7, 11) is 0. The normalized spacial score (nSPS) is 10.1. The fourth-order valence-corrected chi connectivity index (χ4v) is 1.99. The Balaban J connectivity index is 2.22. The van der Waals surface area contributed by atoms with Crippen molar-refractivity contribution in [3.63, 3.8) is 0 Å². The predicted octanol–water partition coefficient (Wildman–Crippen LogP) is 3.10. The number of hydrogen-bond acceptors (Lipinski definition) is 2. The molecule has 0 saturated heterocycles. The summed E-state index contributed by atoms with van der Waals surface area (Å²) >= 11 is 7.73. The summed E-state index contributed by atoms with van der Waals surface area (Å²) in [6.07, 6.45) is 5.16. The maximum Gasteiger partial charge on any atom is 0.0545 e. The van der Waals surface area contributed by atoms with E-state index in [0.29, 0.717) is 0 Å². The first-order chi connectivity index (χ1) is 7.74. The van der Waals surface area contributed by atoms with Crippen molar-refractivity contribution in [2.75, 3.05) is 18.1 Å². The largest absolute Gasteiger partial charge is 0.312 e. The minimum atomic E-state index is 0.793. The monoisotopic (exact) mass is 253 g/mol. The zero-order valence-corrected chi connectivity index (χ0v) is 11.0. The molecule has 1 nitrogen and oxygen atoms in total. The van der Waals surface area contributed by atoms with Gasteiger partial charge in [-0.15, -0.1) is 18.2 Å². The van der Waals surface area contributed by atoms with Crippen LogP contribution >= 0.6 is 23.4 Å². The van der Waals surface area contributed by atoms with Gasteiger partial charge < -0.3 is 5.32 Å². The van der Waals surface area contributed by atoms with Crippen molar-refractivity contribution in [2.45, 2.75) is 13.5 Å².